The van der Waals surface area contributed by atoms with Gasteiger partial charge in [0, 0.05) is 18.7 Å². The number of halogens is 1. The zero-order valence-electron chi connectivity index (χ0n) is 17.5. The molecule has 0 heterocycles. The molecule has 0 aromatic heterocycles. The van der Waals surface area contributed by atoms with Crippen molar-refractivity contribution in [3.63, 3.8) is 0 Å². The Morgan fingerprint density at radius 3 is 2.41 bits per heavy atom. The van der Waals surface area contributed by atoms with Crippen molar-refractivity contribution in [1.29, 1.82) is 0 Å². The van der Waals surface area contributed by atoms with Crippen molar-refractivity contribution >= 4 is 5.97 Å². The largest absolute Gasteiger partial charge is 0.462 e. The second-order valence-electron chi connectivity index (χ2n) is 7.83. The normalized spacial score (nSPS) is 12.8. The minimum atomic E-state index is -1.06. The van der Waals surface area contributed by atoms with Crippen LogP contribution in [0.25, 0.3) is 0 Å². The topological polar surface area (TPSA) is 59.0 Å². The van der Waals surface area contributed by atoms with Gasteiger partial charge in [0.25, 0.3) is 0 Å². The van der Waals surface area contributed by atoms with Gasteiger partial charge in [-0.1, -0.05) is 36.4 Å². The predicted molar refractivity (Wildman–Crippen MR) is 110 cm³/mol. The third-order valence-electron chi connectivity index (χ3n) is 4.15. The van der Waals surface area contributed by atoms with Crippen molar-refractivity contribution < 1.29 is 23.8 Å². The third-order valence-corrected chi connectivity index (χ3v) is 4.15. The number of carbonyl (C=O) groups excluding carboxylic acids is 1. The standard InChI is InChI=1S/C23H30FNO4/c1-5-28-22(27)18-12-9-13-20(24)19(18)15-25(14-17-10-7-6-8-11-17)16-21(26)29-23(2,3)4/h6-13,21,26H,5,14-16H2,1-4H3. The summed E-state index contributed by atoms with van der Waals surface area (Å²) in [4.78, 5) is 14.1. The molecule has 0 aliphatic rings. The second kappa shape index (κ2) is 10.5. The molecule has 2 aromatic carbocycles. The monoisotopic (exact) mass is 403 g/mol. The fourth-order valence-electron chi connectivity index (χ4n) is 3.04. The Kier molecular flexibility index (Phi) is 8.32. The molecule has 6 heteroatoms. The molecular weight excluding hydrogens is 373 g/mol. The number of rotatable bonds is 9. The fraction of sp³-hybridized carbons (Fsp3) is 0.435. The van der Waals surface area contributed by atoms with Gasteiger partial charge in [-0.2, -0.15) is 0 Å². The van der Waals surface area contributed by atoms with Gasteiger partial charge in [-0.25, -0.2) is 9.18 Å². The SMILES string of the molecule is CCOC(=O)c1cccc(F)c1CN(Cc1ccccc1)CC(O)OC(C)(C)C. The fourth-order valence-corrected chi connectivity index (χ4v) is 3.04. The van der Waals surface area contributed by atoms with E-state index >= 15 is 0 Å². The lowest BCUT2D eigenvalue weighted by atomic mass is 10.1. The van der Waals surface area contributed by atoms with E-state index in [9.17, 15) is 14.3 Å². The van der Waals surface area contributed by atoms with E-state index in [1.807, 2.05) is 56.0 Å². The Labute approximate surface area is 172 Å². The summed E-state index contributed by atoms with van der Waals surface area (Å²) in [6, 6.07) is 14.0. The second-order valence-corrected chi connectivity index (χ2v) is 7.83. The number of benzene rings is 2. The van der Waals surface area contributed by atoms with Crippen LogP contribution >= 0.6 is 0 Å². The number of hydrogen-bond donors (Lipinski definition) is 1. The zero-order chi connectivity index (χ0) is 21.4. The third kappa shape index (κ3) is 7.57. The molecule has 0 aliphatic heterocycles. The molecule has 1 unspecified atom stereocenters. The molecule has 0 fully saturated rings. The number of ether oxygens (including phenoxy) is 2. The van der Waals surface area contributed by atoms with Gasteiger partial charge in [0.15, 0.2) is 6.29 Å². The maximum atomic E-state index is 14.6. The van der Waals surface area contributed by atoms with E-state index in [1.165, 1.54) is 12.1 Å². The average Bonchev–Trinajstić information content (AvgIpc) is 2.62. The Morgan fingerprint density at radius 1 is 1.10 bits per heavy atom. The van der Waals surface area contributed by atoms with Gasteiger partial charge in [0.05, 0.1) is 24.3 Å². The van der Waals surface area contributed by atoms with Gasteiger partial charge in [0.2, 0.25) is 0 Å². The van der Waals surface area contributed by atoms with Crippen LogP contribution in [0.4, 0.5) is 4.39 Å². The van der Waals surface area contributed by atoms with Crippen molar-refractivity contribution in [1.82, 2.24) is 4.90 Å². The Morgan fingerprint density at radius 2 is 1.79 bits per heavy atom. The molecule has 0 amide bonds. The molecule has 0 spiro atoms. The first-order valence-electron chi connectivity index (χ1n) is 9.76. The molecule has 2 rings (SSSR count). The maximum Gasteiger partial charge on any atom is 0.338 e. The van der Waals surface area contributed by atoms with Gasteiger partial charge < -0.3 is 14.6 Å². The molecule has 1 atom stereocenters. The Hall–Kier alpha value is -2.28. The van der Waals surface area contributed by atoms with Crippen LogP contribution in [-0.2, 0) is 22.6 Å². The van der Waals surface area contributed by atoms with Crippen LogP contribution in [0.3, 0.4) is 0 Å². The van der Waals surface area contributed by atoms with Crippen molar-refractivity contribution in [2.24, 2.45) is 0 Å². The molecule has 0 aliphatic carbocycles. The summed E-state index contributed by atoms with van der Waals surface area (Å²) in [6.07, 6.45) is -1.06. The van der Waals surface area contributed by atoms with E-state index in [2.05, 4.69) is 0 Å². The molecule has 158 valence electrons. The lowest BCUT2D eigenvalue weighted by molar-refractivity contribution is -0.175. The van der Waals surface area contributed by atoms with E-state index in [0.29, 0.717) is 6.54 Å². The summed E-state index contributed by atoms with van der Waals surface area (Å²) < 4.78 is 25.3. The number of hydrogen-bond acceptors (Lipinski definition) is 5. The van der Waals surface area contributed by atoms with Crippen LogP contribution in [0.5, 0.6) is 0 Å². The zero-order valence-corrected chi connectivity index (χ0v) is 17.5. The van der Waals surface area contributed by atoms with Crippen molar-refractivity contribution in [3.8, 4) is 0 Å². The lowest BCUT2D eigenvalue weighted by Gasteiger charge is -2.30. The summed E-state index contributed by atoms with van der Waals surface area (Å²) >= 11 is 0. The minimum absolute atomic E-state index is 0.125. The minimum Gasteiger partial charge on any atom is -0.462 e. The van der Waals surface area contributed by atoms with Crippen LogP contribution in [0.1, 0.15) is 49.2 Å². The van der Waals surface area contributed by atoms with Gasteiger partial charge >= 0.3 is 5.97 Å². The first-order valence-corrected chi connectivity index (χ1v) is 9.76. The highest BCUT2D eigenvalue weighted by Crippen LogP contribution is 2.20. The lowest BCUT2D eigenvalue weighted by Crippen LogP contribution is -2.38. The number of carbonyl (C=O) groups is 1. The van der Waals surface area contributed by atoms with E-state index in [1.54, 1.807) is 13.0 Å². The maximum absolute atomic E-state index is 14.6. The quantitative estimate of drug-likeness (QED) is 0.504. The Bertz CT molecular complexity index is 789. The van der Waals surface area contributed by atoms with Crippen LogP contribution in [0.15, 0.2) is 48.5 Å². The van der Waals surface area contributed by atoms with Gasteiger partial charge in [0.1, 0.15) is 5.82 Å². The molecule has 1 N–H and O–H groups in total. The molecule has 0 bridgehead atoms. The van der Waals surface area contributed by atoms with E-state index < -0.39 is 23.7 Å². The first kappa shape index (κ1) is 23.0. The average molecular weight is 403 g/mol. The molecule has 2 aromatic rings. The molecular formula is C23H30FNO4. The molecule has 0 saturated heterocycles. The molecule has 0 saturated carbocycles. The number of aliphatic hydroxyl groups excluding tert-OH is 1. The predicted octanol–water partition coefficient (Wildman–Crippen LogP) is 4.14. The number of aliphatic hydroxyl groups is 1. The van der Waals surface area contributed by atoms with Crippen LogP contribution in [0.2, 0.25) is 0 Å². The molecule has 0 radical (unpaired) electrons. The summed E-state index contributed by atoms with van der Waals surface area (Å²) in [6.45, 7) is 8.22. The highest BCUT2D eigenvalue weighted by molar-refractivity contribution is 5.91. The first-order chi connectivity index (χ1) is 13.7. The highest BCUT2D eigenvalue weighted by Gasteiger charge is 2.23. The van der Waals surface area contributed by atoms with Crippen LogP contribution in [-0.4, -0.2) is 41.0 Å². The van der Waals surface area contributed by atoms with Crippen molar-refractivity contribution in [3.05, 3.63) is 71.0 Å². The summed E-state index contributed by atoms with van der Waals surface area (Å²) in [5.41, 5.74) is 0.914. The van der Waals surface area contributed by atoms with E-state index in [4.69, 9.17) is 9.47 Å². The molecule has 5 nitrogen and oxygen atoms in total. The van der Waals surface area contributed by atoms with Crippen molar-refractivity contribution in [2.45, 2.75) is 52.7 Å². The van der Waals surface area contributed by atoms with Gasteiger partial charge in [-0.3, -0.25) is 4.90 Å². The molecule has 29 heavy (non-hydrogen) atoms. The van der Waals surface area contributed by atoms with Crippen molar-refractivity contribution in [2.75, 3.05) is 13.2 Å². The summed E-state index contributed by atoms with van der Waals surface area (Å²) in [7, 11) is 0. The highest BCUT2D eigenvalue weighted by atomic mass is 19.1. The smallest absolute Gasteiger partial charge is 0.338 e. The van der Waals surface area contributed by atoms with E-state index in [0.717, 1.165) is 5.56 Å². The van der Waals surface area contributed by atoms with Crippen LogP contribution < -0.4 is 0 Å². The van der Waals surface area contributed by atoms with Gasteiger partial charge in [-0.15, -0.1) is 0 Å². The van der Waals surface area contributed by atoms with E-state index in [-0.39, 0.29) is 30.8 Å². The van der Waals surface area contributed by atoms with Crippen LogP contribution in [0, 0.1) is 5.82 Å². The number of esters is 1. The summed E-state index contributed by atoms with van der Waals surface area (Å²) in [5, 5.41) is 10.4. The number of nitrogens with zero attached hydrogens (tertiary/aromatic N) is 1. The summed E-state index contributed by atoms with van der Waals surface area (Å²) in [5.74, 6) is -1.05. The Balaban J connectivity index is 2.28. The van der Waals surface area contributed by atoms with Gasteiger partial charge in [-0.05, 0) is 45.4 Å².